The molecule has 0 saturated heterocycles. The zero-order chi connectivity index (χ0) is 22.0. The van der Waals surface area contributed by atoms with Crippen molar-refractivity contribution in [3.8, 4) is 0 Å². The second-order valence-corrected chi connectivity index (χ2v) is 10.1. The second kappa shape index (κ2) is 6.76. The van der Waals surface area contributed by atoms with E-state index in [2.05, 4.69) is 0 Å². The number of rotatable bonds is 5. The van der Waals surface area contributed by atoms with Crippen LogP contribution in [0.5, 0.6) is 0 Å². The van der Waals surface area contributed by atoms with Gasteiger partial charge in [0.2, 0.25) is 0 Å². The summed E-state index contributed by atoms with van der Waals surface area (Å²) in [5.74, 6) is -0.859. The van der Waals surface area contributed by atoms with Crippen LogP contribution in [0, 0.1) is 28.6 Å². The largest absolute Gasteiger partial charge is 0.461 e. The number of carbonyl (C=O) groups is 1. The Balaban J connectivity index is 1.99. The molecule has 4 fully saturated rings. The molecule has 4 aliphatic rings. The number of ether oxygens (including phenoxy) is 1. The summed E-state index contributed by atoms with van der Waals surface area (Å²) in [6, 6.07) is 0. The molecule has 1 N–H and O–H groups in total. The highest BCUT2D eigenvalue weighted by molar-refractivity contribution is 5.76. The lowest BCUT2D eigenvalue weighted by Gasteiger charge is -2.61. The second-order valence-electron chi connectivity index (χ2n) is 10.1. The molecule has 0 aromatic carbocycles. The van der Waals surface area contributed by atoms with Crippen LogP contribution < -0.4 is 0 Å². The minimum Gasteiger partial charge on any atom is -0.461 e. The standard InChI is InChI=1S/C20H28F6O3/c1-4-16(2,3)15(27)29-14-13-6-11-5-12(7-13)9-17(14,8-11)10-18(28,19(21,22)23)20(24,25)26/h11-14,28H,4-10H2,1-3H3. The predicted molar refractivity (Wildman–Crippen MR) is 91.6 cm³/mol. The van der Waals surface area contributed by atoms with Crippen LogP contribution in [-0.4, -0.2) is 35.1 Å². The number of aliphatic hydroxyl groups is 1. The van der Waals surface area contributed by atoms with Gasteiger partial charge in [-0.25, -0.2) is 0 Å². The number of halogens is 6. The van der Waals surface area contributed by atoms with E-state index in [9.17, 15) is 36.2 Å². The van der Waals surface area contributed by atoms with Crippen molar-refractivity contribution in [2.75, 3.05) is 0 Å². The lowest BCUT2D eigenvalue weighted by atomic mass is 9.46. The zero-order valence-electron chi connectivity index (χ0n) is 16.8. The normalized spacial score (nSPS) is 35.1. The molecule has 0 heterocycles. The van der Waals surface area contributed by atoms with Crippen LogP contribution in [0.15, 0.2) is 0 Å². The first-order valence-corrected chi connectivity index (χ1v) is 10.1. The molecule has 0 radical (unpaired) electrons. The summed E-state index contributed by atoms with van der Waals surface area (Å²) < 4.78 is 86.3. The molecule has 4 saturated carbocycles. The van der Waals surface area contributed by atoms with Crippen molar-refractivity contribution in [3.05, 3.63) is 0 Å². The third kappa shape index (κ3) is 3.65. The van der Waals surface area contributed by atoms with Gasteiger partial charge < -0.3 is 9.84 Å². The monoisotopic (exact) mass is 430 g/mol. The molecular formula is C20H28F6O3. The Hall–Kier alpha value is -0.990. The summed E-state index contributed by atoms with van der Waals surface area (Å²) in [5.41, 5.74) is -7.23. The van der Waals surface area contributed by atoms with Gasteiger partial charge >= 0.3 is 18.3 Å². The van der Waals surface area contributed by atoms with Gasteiger partial charge in [0, 0.05) is 11.8 Å². The number of alkyl halides is 6. The lowest BCUT2D eigenvalue weighted by Crippen LogP contribution is -2.65. The zero-order valence-corrected chi connectivity index (χ0v) is 16.8. The summed E-state index contributed by atoms with van der Waals surface area (Å²) in [6.07, 6.45) is -11.6. The third-order valence-electron chi connectivity index (χ3n) is 7.58. The Bertz CT molecular complexity index is 626. The molecule has 4 rings (SSSR count). The highest BCUT2D eigenvalue weighted by atomic mass is 19.4. The van der Waals surface area contributed by atoms with Crippen molar-refractivity contribution in [2.45, 2.75) is 89.8 Å². The van der Waals surface area contributed by atoms with Gasteiger partial charge in [0.15, 0.2) is 0 Å². The number of carbonyl (C=O) groups excluding carboxylic acids is 1. The topological polar surface area (TPSA) is 46.5 Å². The molecule has 3 unspecified atom stereocenters. The summed E-state index contributed by atoms with van der Waals surface area (Å²) in [5, 5.41) is 9.91. The van der Waals surface area contributed by atoms with Crippen molar-refractivity contribution in [3.63, 3.8) is 0 Å². The van der Waals surface area contributed by atoms with Crippen molar-refractivity contribution >= 4 is 5.97 Å². The van der Waals surface area contributed by atoms with Gasteiger partial charge in [-0.15, -0.1) is 0 Å². The molecule has 0 aromatic rings. The molecule has 0 amide bonds. The summed E-state index contributed by atoms with van der Waals surface area (Å²) >= 11 is 0. The minimum atomic E-state index is -5.87. The van der Waals surface area contributed by atoms with E-state index in [0.717, 1.165) is 6.42 Å². The Morgan fingerprint density at radius 3 is 1.90 bits per heavy atom. The molecule has 4 aliphatic carbocycles. The van der Waals surface area contributed by atoms with E-state index in [0.29, 0.717) is 19.3 Å². The number of hydrogen-bond acceptors (Lipinski definition) is 3. The van der Waals surface area contributed by atoms with Crippen LogP contribution in [0.25, 0.3) is 0 Å². The van der Waals surface area contributed by atoms with Crippen LogP contribution in [0.2, 0.25) is 0 Å². The average molecular weight is 430 g/mol. The molecule has 3 atom stereocenters. The Kier molecular flexibility index (Phi) is 5.29. The summed E-state index contributed by atoms with van der Waals surface area (Å²) in [4.78, 5) is 12.7. The molecule has 3 nitrogen and oxygen atoms in total. The first-order valence-electron chi connectivity index (χ1n) is 10.1. The third-order valence-corrected chi connectivity index (χ3v) is 7.58. The van der Waals surface area contributed by atoms with Crippen molar-refractivity contribution in [2.24, 2.45) is 28.6 Å². The maximum Gasteiger partial charge on any atom is 0.426 e. The molecule has 168 valence electrons. The predicted octanol–water partition coefficient (Wildman–Crippen LogP) is 5.41. The van der Waals surface area contributed by atoms with Crippen LogP contribution in [0.3, 0.4) is 0 Å². The Morgan fingerprint density at radius 2 is 1.48 bits per heavy atom. The molecule has 0 spiro atoms. The lowest BCUT2D eigenvalue weighted by molar-refractivity contribution is -0.382. The van der Waals surface area contributed by atoms with Gasteiger partial charge in [0.05, 0.1) is 5.41 Å². The van der Waals surface area contributed by atoms with Crippen molar-refractivity contribution < 1.29 is 41.0 Å². The highest BCUT2D eigenvalue weighted by Gasteiger charge is 2.74. The van der Waals surface area contributed by atoms with Gasteiger partial charge in [-0.1, -0.05) is 6.92 Å². The van der Waals surface area contributed by atoms with E-state index >= 15 is 0 Å². The number of esters is 1. The smallest absolute Gasteiger partial charge is 0.426 e. The average Bonchev–Trinajstić information content (AvgIpc) is 2.55. The first kappa shape index (κ1) is 22.7. The molecular weight excluding hydrogens is 402 g/mol. The van der Waals surface area contributed by atoms with Crippen LogP contribution in [0.4, 0.5) is 26.3 Å². The van der Waals surface area contributed by atoms with Crippen LogP contribution >= 0.6 is 0 Å². The first-order chi connectivity index (χ1) is 13.0. The van der Waals surface area contributed by atoms with E-state index in [1.54, 1.807) is 20.8 Å². The van der Waals surface area contributed by atoms with E-state index < -0.39 is 47.3 Å². The quantitative estimate of drug-likeness (QED) is 0.469. The molecule has 29 heavy (non-hydrogen) atoms. The fourth-order valence-corrected chi connectivity index (χ4v) is 5.92. The van der Waals surface area contributed by atoms with E-state index in [4.69, 9.17) is 4.74 Å². The summed E-state index contributed by atoms with van der Waals surface area (Å²) in [7, 11) is 0. The van der Waals surface area contributed by atoms with Crippen LogP contribution in [0.1, 0.15) is 65.7 Å². The van der Waals surface area contributed by atoms with Crippen LogP contribution in [-0.2, 0) is 9.53 Å². The van der Waals surface area contributed by atoms with Crippen molar-refractivity contribution in [1.29, 1.82) is 0 Å². The van der Waals surface area contributed by atoms with E-state index in [-0.39, 0.29) is 30.6 Å². The van der Waals surface area contributed by atoms with Gasteiger partial charge in [-0.3, -0.25) is 4.79 Å². The van der Waals surface area contributed by atoms with Gasteiger partial charge in [0.1, 0.15) is 6.10 Å². The maximum absolute atomic E-state index is 13.4. The fourth-order valence-electron chi connectivity index (χ4n) is 5.92. The highest BCUT2D eigenvalue weighted by Crippen LogP contribution is 2.65. The molecule has 9 heteroatoms. The maximum atomic E-state index is 13.4. The molecule has 4 bridgehead atoms. The van der Waals surface area contributed by atoms with E-state index in [1.807, 2.05) is 0 Å². The van der Waals surface area contributed by atoms with Gasteiger partial charge in [0.25, 0.3) is 5.60 Å². The van der Waals surface area contributed by atoms with Crippen molar-refractivity contribution in [1.82, 2.24) is 0 Å². The molecule has 0 aromatic heterocycles. The Labute approximate surface area is 166 Å². The number of hydrogen-bond donors (Lipinski definition) is 1. The SMILES string of the molecule is CCC(C)(C)C(=O)OC1C2CC3CC(C2)CC1(CC(O)(C(F)(F)F)C(F)(F)F)C3. The summed E-state index contributed by atoms with van der Waals surface area (Å²) in [6.45, 7) is 5.04. The van der Waals surface area contributed by atoms with Gasteiger partial charge in [-0.2, -0.15) is 26.3 Å². The fraction of sp³-hybridized carbons (Fsp3) is 0.950. The Morgan fingerprint density at radius 1 is 1.00 bits per heavy atom. The van der Waals surface area contributed by atoms with E-state index in [1.165, 1.54) is 0 Å². The molecule has 0 aliphatic heterocycles. The van der Waals surface area contributed by atoms with Gasteiger partial charge in [-0.05, 0) is 70.1 Å². The minimum absolute atomic E-state index is 0.00681.